The molecular weight excluding hydrogens is 242 g/mol. The first kappa shape index (κ1) is 15.2. The predicted octanol–water partition coefficient (Wildman–Crippen LogP) is 2.33. The second-order valence-corrected chi connectivity index (χ2v) is 4.74. The van der Waals surface area contributed by atoms with Gasteiger partial charge in [0.1, 0.15) is 0 Å². The molecule has 0 atom stereocenters. The molecule has 4 heteroatoms. The standard InChI is InChI=1S/C15H21NO3/c1-5-19-15(18)14(17)16(4)10-12-8-6-7-9-13(12)11(2)3/h6-9,11H,5,10H2,1-4H3. The molecule has 1 aromatic carbocycles. The largest absolute Gasteiger partial charge is 0.459 e. The van der Waals surface area contributed by atoms with E-state index in [0.717, 1.165) is 5.56 Å². The molecule has 0 aliphatic heterocycles. The summed E-state index contributed by atoms with van der Waals surface area (Å²) < 4.78 is 4.71. The minimum atomic E-state index is -0.799. The summed E-state index contributed by atoms with van der Waals surface area (Å²) in [5, 5.41) is 0. The van der Waals surface area contributed by atoms with E-state index in [1.807, 2.05) is 24.3 Å². The Labute approximate surface area is 114 Å². The lowest BCUT2D eigenvalue weighted by atomic mass is 9.97. The summed E-state index contributed by atoms with van der Waals surface area (Å²) in [6.07, 6.45) is 0. The van der Waals surface area contributed by atoms with Crippen molar-refractivity contribution in [1.29, 1.82) is 0 Å². The van der Waals surface area contributed by atoms with Gasteiger partial charge < -0.3 is 9.64 Å². The lowest BCUT2D eigenvalue weighted by molar-refractivity contribution is -0.159. The van der Waals surface area contributed by atoms with E-state index in [1.54, 1.807) is 14.0 Å². The van der Waals surface area contributed by atoms with Crippen LogP contribution in [0.15, 0.2) is 24.3 Å². The van der Waals surface area contributed by atoms with Crippen LogP contribution in [0.3, 0.4) is 0 Å². The maximum absolute atomic E-state index is 11.8. The number of benzene rings is 1. The van der Waals surface area contributed by atoms with Crippen LogP contribution in [0.2, 0.25) is 0 Å². The Morgan fingerprint density at radius 2 is 1.89 bits per heavy atom. The van der Waals surface area contributed by atoms with Crippen molar-refractivity contribution in [3.8, 4) is 0 Å². The monoisotopic (exact) mass is 263 g/mol. The quantitative estimate of drug-likeness (QED) is 0.618. The molecule has 0 aliphatic carbocycles. The summed E-state index contributed by atoms with van der Waals surface area (Å²) in [4.78, 5) is 24.5. The maximum atomic E-state index is 11.8. The van der Waals surface area contributed by atoms with Gasteiger partial charge in [-0.25, -0.2) is 4.79 Å². The molecule has 19 heavy (non-hydrogen) atoms. The Hall–Kier alpha value is -1.84. The predicted molar refractivity (Wildman–Crippen MR) is 73.6 cm³/mol. The number of hydrogen-bond donors (Lipinski definition) is 0. The molecule has 0 aromatic heterocycles. The van der Waals surface area contributed by atoms with Crippen LogP contribution in [0, 0.1) is 0 Å². The van der Waals surface area contributed by atoms with E-state index in [2.05, 4.69) is 13.8 Å². The zero-order chi connectivity index (χ0) is 14.4. The number of amides is 1. The molecular formula is C15H21NO3. The van der Waals surface area contributed by atoms with Crippen LogP contribution in [0.1, 0.15) is 37.8 Å². The van der Waals surface area contributed by atoms with Gasteiger partial charge in [-0.2, -0.15) is 0 Å². The molecule has 104 valence electrons. The first-order chi connectivity index (χ1) is 8.97. The molecule has 0 radical (unpaired) electrons. The normalized spacial score (nSPS) is 10.4. The molecule has 0 saturated carbocycles. The van der Waals surface area contributed by atoms with Crippen molar-refractivity contribution in [2.75, 3.05) is 13.7 Å². The van der Waals surface area contributed by atoms with Crippen molar-refractivity contribution in [3.05, 3.63) is 35.4 Å². The Bertz CT molecular complexity index is 454. The number of nitrogens with zero attached hydrogens (tertiary/aromatic N) is 1. The van der Waals surface area contributed by atoms with Crippen LogP contribution in [0.25, 0.3) is 0 Å². The molecule has 0 heterocycles. The van der Waals surface area contributed by atoms with Crippen LogP contribution in [0.5, 0.6) is 0 Å². The van der Waals surface area contributed by atoms with Crippen LogP contribution < -0.4 is 0 Å². The molecule has 0 aliphatic rings. The fourth-order valence-electron chi connectivity index (χ4n) is 1.92. The van der Waals surface area contributed by atoms with Crippen molar-refractivity contribution in [2.45, 2.75) is 33.2 Å². The zero-order valence-corrected chi connectivity index (χ0v) is 12.0. The minimum Gasteiger partial charge on any atom is -0.459 e. The fourth-order valence-corrected chi connectivity index (χ4v) is 1.92. The van der Waals surface area contributed by atoms with Gasteiger partial charge in [0.25, 0.3) is 0 Å². The van der Waals surface area contributed by atoms with E-state index in [4.69, 9.17) is 4.74 Å². The van der Waals surface area contributed by atoms with Gasteiger partial charge in [-0.05, 0) is 24.0 Å². The van der Waals surface area contributed by atoms with E-state index in [0.29, 0.717) is 12.5 Å². The highest BCUT2D eigenvalue weighted by Crippen LogP contribution is 2.20. The van der Waals surface area contributed by atoms with Gasteiger partial charge in [0.05, 0.1) is 6.61 Å². The molecule has 0 bridgehead atoms. The number of esters is 1. The molecule has 1 amide bonds. The van der Waals surface area contributed by atoms with Crippen molar-refractivity contribution in [1.82, 2.24) is 4.90 Å². The molecule has 1 rings (SSSR count). The topological polar surface area (TPSA) is 46.6 Å². The first-order valence-corrected chi connectivity index (χ1v) is 6.47. The highest BCUT2D eigenvalue weighted by molar-refractivity contribution is 6.32. The average Bonchev–Trinajstić information content (AvgIpc) is 2.38. The average molecular weight is 263 g/mol. The van der Waals surface area contributed by atoms with Gasteiger partial charge in [0.2, 0.25) is 0 Å². The highest BCUT2D eigenvalue weighted by Gasteiger charge is 2.20. The molecule has 0 saturated heterocycles. The number of hydrogen-bond acceptors (Lipinski definition) is 3. The van der Waals surface area contributed by atoms with Gasteiger partial charge in [0.15, 0.2) is 0 Å². The van der Waals surface area contributed by atoms with Gasteiger partial charge in [-0.3, -0.25) is 4.79 Å². The Morgan fingerprint density at radius 1 is 1.26 bits per heavy atom. The van der Waals surface area contributed by atoms with Crippen molar-refractivity contribution >= 4 is 11.9 Å². The van der Waals surface area contributed by atoms with Crippen LogP contribution >= 0.6 is 0 Å². The van der Waals surface area contributed by atoms with E-state index in [1.165, 1.54) is 10.5 Å². The molecule has 0 N–H and O–H groups in total. The Balaban J connectivity index is 2.79. The minimum absolute atomic E-state index is 0.209. The van der Waals surface area contributed by atoms with Gasteiger partial charge >= 0.3 is 11.9 Å². The summed E-state index contributed by atoms with van der Waals surface area (Å²) in [6, 6.07) is 7.93. The van der Waals surface area contributed by atoms with E-state index >= 15 is 0 Å². The summed E-state index contributed by atoms with van der Waals surface area (Å²) in [5.41, 5.74) is 2.24. The summed E-state index contributed by atoms with van der Waals surface area (Å²) in [5.74, 6) is -1.03. The lowest BCUT2D eigenvalue weighted by Crippen LogP contribution is -2.34. The number of carbonyl (C=O) groups is 2. The molecule has 1 aromatic rings. The second-order valence-electron chi connectivity index (χ2n) is 4.74. The molecule has 0 fully saturated rings. The molecule has 0 unspecified atom stereocenters. The smallest absolute Gasteiger partial charge is 0.397 e. The SMILES string of the molecule is CCOC(=O)C(=O)N(C)Cc1ccccc1C(C)C. The summed E-state index contributed by atoms with van der Waals surface area (Å²) in [7, 11) is 1.61. The van der Waals surface area contributed by atoms with Crippen LogP contribution in [-0.4, -0.2) is 30.4 Å². The zero-order valence-electron chi connectivity index (χ0n) is 12.0. The Kier molecular flexibility index (Phi) is 5.55. The first-order valence-electron chi connectivity index (χ1n) is 6.47. The molecule has 4 nitrogen and oxygen atoms in total. The van der Waals surface area contributed by atoms with Crippen molar-refractivity contribution in [3.63, 3.8) is 0 Å². The summed E-state index contributed by atoms with van der Waals surface area (Å²) >= 11 is 0. The second kappa shape index (κ2) is 6.92. The highest BCUT2D eigenvalue weighted by atomic mass is 16.5. The van der Waals surface area contributed by atoms with Gasteiger partial charge in [-0.15, -0.1) is 0 Å². The van der Waals surface area contributed by atoms with Crippen molar-refractivity contribution < 1.29 is 14.3 Å². The maximum Gasteiger partial charge on any atom is 0.397 e. The Morgan fingerprint density at radius 3 is 2.47 bits per heavy atom. The van der Waals surface area contributed by atoms with Crippen LogP contribution in [-0.2, 0) is 20.9 Å². The molecule has 0 spiro atoms. The third-order valence-corrected chi connectivity index (χ3v) is 2.88. The lowest BCUT2D eigenvalue weighted by Gasteiger charge is -2.19. The number of carbonyl (C=O) groups excluding carboxylic acids is 2. The number of likely N-dealkylation sites (N-methyl/N-ethyl adjacent to an activating group) is 1. The van der Waals surface area contributed by atoms with E-state index < -0.39 is 11.9 Å². The third-order valence-electron chi connectivity index (χ3n) is 2.88. The van der Waals surface area contributed by atoms with Crippen LogP contribution in [0.4, 0.5) is 0 Å². The van der Waals surface area contributed by atoms with E-state index in [-0.39, 0.29) is 6.61 Å². The third kappa shape index (κ3) is 4.09. The van der Waals surface area contributed by atoms with Gasteiger partial charge in [-0.1, -0.05) is 38.1 Å². The van der Waals surface area contributed by atoms with Crippen molar-refractivity contribution in [2.24, 2.45) is 0 Å². The fraction of sp³-hybridized carbons (Fsp3) is 0.467. The van der Waals surface area contributed by atoms with Gasteiger partial charge in [0, 0.05) is 13.6 Å². The number of ether oxygens (including phenoxy) is 1. The van der Waals surface area contributed by atoms with E-state index in [9.17, 15) is 9.59 Å². The summed E-state index contributed by atoms with van der Waals surface area (Å²) in [6.45, 7) is 6.50. The number of rotatable bonds is 4.